The van der Waals surface area contributed by atoms with Crippen molar-refractivity contribution in [2.45, 2.75) is 25.9 Å². The van der Waals surface area contributed by atoms with Crippen molar-refractivity contribution >= 4 is 23.2 Å². The number of hydrogen-bond acceptors (Lipinski definition) is 4. The summed E-state index contributed by atoms with van der Waals surface area (Å²) >= 11 is 0. The molecule has 0 fully saturated rings. The lowest BCUT2D eigenvalue weighted by molar-refractivity contribution is -0.120. The van der Waals surface area contributed by atoms with Crippen LogP contribution in [0.3, 0.4) is 0 Å². The number of nitriles is 1. The third-order valence-corrected chi connectivity index (χ3v) is 4.54. The maximum atomic E-state index is 13.0. The van der Waals surface area contributed by atoms with E-state index in [-0.39, 0.29) is 30.8 Å². The largest absolute Gasteiger partial charge is 0.324 e. The quantitative estimate of drug-likeness (QED) is 0.907. The molecule has 0 bridgehead atoms. The molecule has 0 radical (unpaired) electrons. The van der Waals surface area contributed by atoms with E-state index in [2.05, 4.69) is 11.4 Å². The first-order chi connectivity index (χ1) is 13.0. The Morgan fingerprint density at radius 2 is 2.07 bits per heavy atom. The zero-order valence-corrected chi connectivity index (χ0v) is 15.5. The van der Waals surface area contributed by atoms with Crippen LogP contribution < -0.4 is 10.2 Å². The molecule has 27 heavy (non-hydrogen) atoms. The number of nitrogens with zero attached hydrogens (tertiary/aromatic N) is 3. The van der Waals surface area contributed by atoms with E-state index >= 15 is 0 Å². The van der Waals surface area contributed by atoms with Gasteiger partial charge in [-0.2, -0.15) is 5.26 Å². The molecule has 1 aliphatic heterocycles. The van der Waals surface area contributed by atoms with E-state index in [1.165, 1.54) is 0 Å². The normalized spacial score (nSPS) is 16.3. The first-order valence-corrected chi connectivity index (χ1v) is 8.86. The van der Waals surface area contributed by atoms with Crippen molar-refractivity contribution in [3.63, 3.8) is 0 Å². The second kappa shape index (κ2) is 8.02. The van der Waals surface area contributed by atoms with Crippen LogP contribution in [0.15, 0.2) is 48.5 Å². The van der Waals surface area contributed by atoms with E-state index in [0.717, 1.165) is 11.3 Å². The van der Waals surface area contributed by atoms with Gasteiger partial charge in [0.25, 0.3) is 0 Å². The van der Waals surface area contributed by atoms with Crippen LogP contribution in [-0.4, -0.2) is 36.3 Å². The first kappa shape index (κ1) is 18.6. The van der Waals surface area contributed by atoms with Crippen LogP contribution in [0.2, 0.25) is 0 Å². The van der Waals surface area contributed by atoms with Crippen LogP contribution in [-0.2, 0) is 16.1 Å². The summed E-state index contributed by atoms with van der Waals surface area (Å²) in [5, 5.41) is 11.9. The third kappa shape index (κ3) is 4.33. The number of nitrogens with one attached hydrogen (secondary N) is 1. The lowest BCUT2D eigenvalue weighted by atomic mass is 10.1. The summed E-state index contributed by atoms with van der Waals surface area (Å²) in [6, 6.07) is 16.6. The highest BCUT2D eigenvalue weighted by atomic mass is 16.2. The number of likely N-dealkylation sites (N-methyl/N-ethyl adjacent to an activating group) is 1. The Morgan fingerprint density at radius 1 is 1.30 bits per heavy atom. The number of carbonyl (C=O) groups is 2. The van der Waals surface area contributed by atoms with Crippen LogP contribution in [0.1, 0.15) is 24.5 Å². The predicted molar refractivity (Wildman–Crippen MR) is 104 cm³/mol. The van der Waals surface area contributed by atoms with Gasteiger partial charge in [-0.05, 0) is 43.8 Å². The molecule has 2 aromatic carbocycles. The monoisotopic (exact) mass is 362 g/mol. The standard InChI is InChI=1S/C21H22N4O2/c1-15-10-20(26)23-18-8-3-4-9-19(18)25(15)21(27)14-24(2)13-17-7-5-6-16(11-17)12-22/h3-9,11,15H,10,13-14H2,1-2H3,(H,23,26)/t15-/m1/s1. The summed E-state index contributed by atoms with van der Waals surface area (Å²) in [4.78, 5) is 28.7. The molecule has 138 valence electrons. The highest BCUT2D eigenvalue weighted by Gasteiger charge is 2.29. The van der Waals surface area contributed by atoms with E-state index < -0.39 is 0 Å². The second-order valence-electron chi connectivity index (χ2n) is 6.87. The molecule has 6 heteroatoms. The number of rotatable bonds is 4. The first-order valence-electron chi connectivity index (χ1n) is 8.86. The van der Waals surface area contributed by atoms with Crippen molar-refractivity contribution in [2.24, 2.45) is 0 Å². The zero-order valence-electron chi connectivity index (χ0n) is 15.5. The molecule has 2 aromatic rings. The van der Waals surface area contributed by atoms with Gasteiger partial charge in [0.2, 0.25) is 11.8 Å². The molecular weight excluding hydrogens is 340 g/mol. The van der Waals surface area contributed by atoms with Crippen molar-refractivity contribution in [1.29, 1.82) is 5.26 Å². The summed E-state index contributed by atoms with van der Waals surface area (Å²) in [5.41, 5.74) is 2.96. The molecule has 1 N–H and O–H groups in total. The fourth-order valence-corrected chi connectivity index (χ4v) is 3.38. The van der Waals surface area contributed by atoms with Crippen LogP contribution in [0, 0.1) is 11.3 Å². The van der Waals surface area contributed by atoms with Gasteiger partial charge < -0.3 is 10.2 Å². The second-order valence-corrected chi connectivity index (χ2v) is 6.87. The minimum Gasteiger partial charge on any atom is -0.324 e. The van der Waals surface area contributed by atoms with Gasteiger partial charge in [-0.1, -0.05) is 24.3 Å². The molecule has 1 heterocycles. The average molecular weight is 362 g/mol. The highest BCUT2D eigenvalue weighted by Crippen LogP contribution is 2.31. The maximum Gasteiger partial charge on any atom is 0.241 e. The van der Waals surface area contributed by atoms with Gasteiger partial charge in [0, 0.05) is 19.0 Å². The number of hydrogen-bond donors (Lipinski definition) is 1. The number of amides is 2. The molecule has 0 saturated heterocycles. The minimum atomic E-state index is -0.225. The van der Waals surface area contributed by atoms with Gasteiger partial charge in [0.15, 0.2) is 0 Å². The van der Waals surface area contributed by atoms with Gasteiger partial charge in [0.05, 0.1) is 29.6 Å². The van der Waals surface area contributed by atoms with Gasteiger partial charge in [-0.15, -0.1) is 0 Å². The molecule has 0 saturated carbocycles. The molecule has 0 aliphatic carbocycles. The van der Waals surface area contributed by atoms with Crippen molar-refractivity contribution in [2.75, 3.05) is 23.8 Å². The van der Waals surface area contributed by atoms with Crippen molar-refractivity contribution in [1.82, 2.24) is 4.90 Å². The third-order valence-electron chi connectivity index (χ3n) is 4.54. The summed E-state index contributed by atoms with van der Waals surface area (Å²) in [6.07, 6.45) is 0.258. The highest BCUT2D eigenvalue weighted by molar-refractivity contribution is 6.04. The lowest BCUT2D eigenvalue weighted by Crippen LogP contribution is -2.44. The van der Waals surface area contributed by atoms with E-state index in [0.29, 0.717) is 17.8 Å². The Balaban J connectivity index is 1.76. The van der Waals surface area contributed by atoms with Gasteiger partial charge in [0.1, 0.15) is 0 Å². The van der Waals surface area contributed by atoms with Crippen molar-refractivity contribution < 1.29 is 9.59 Å². The van der Waals surface area contributed by atoms with Crippen molar-refractivity contribution in [3.8, 4) is 6.07 Å². The van der Waals surface area contributed by atoms with E-state index in [4.69, 9.17) is 5.26 Å². The molecule has 1 atom stereocenters. The molecule has 6 nitrogen and oxygen atoms in total. The minimum absolute atomic E-state index is 0.0645. The Hall–Kier alpha value is -3.17. The number of anilines is 2. The summed E-state index contributed by atoms with van der Waals surface area (Å²) in [7, 11) is 1.87. The molecule has 0 spiro atoms. The zero-order chi connectivity index (χ0) is 19.4. The van der Waals surface area contributed by atoms with Gasteiger partial charge >= 0.3 is 0 Å². The summed E-state index contributed by atoms with van der Waals surface area (Å²) in [6.45, 7) is 2.65. The van der Waals surface area contributed by atoms with Crippen LogP contribution >= 0.6 is 0 Å². The smallest absolute Gasteiger partial charge is 0.241 e. The SMILES string of the molecule is C[C@@H]1CC(=O)Nc2ccccc2N1C(=O)CN(C)Cc1cccc(C#N)c1. The van der Waals surface area contributed by atoms with E-state index in [1.54, 1.807) is 11.0 Å². The van der Waals surface area contributed by atoms with Crippen LogP contribution in [0.4, 0.5) is 11.4 Å². The number of carbonyl (C=O) groups excluding carboxylic acids is 2. The Labute approximate surface area is 159 Å². The molecule has 0 aromatic heterocycles. The van der Waals surface area contributed by atoms with E-state index in [9.17, 15) is 9.59 Å². The Morgan fingerprint density at radius 3 is 2.85 bits per heavy atom. The molecule has 3 rings (SSSR count). The Bertz CT molecular complexity index is 903. The number of benzene rings is 2. The van der Waals surface area contributed by atoms with Crippen LogP contribution in [0.5, 0.6) is 0 Å². The molecular formula is C21H22N4O2. The maximum absolute atomic E-state index is 13.0. The topological polar surface area (TPSA) is 76.4 Å². The molecule has 1 aliphatic rings. The lowest BCUT2D eigenvalue weighted by Gasteiger charge is -2.29. The number of para-hydroxylation sites is 2. The molecule has 0 unspecified atom stereocenters. The number of fused-ring (bicyclic) bond motifs is 1. The van der Waals surface area contributed by atoms with Crippen LogP contribution in [0.25, 0.3) is 0 Å². The fourth-order valence-electron chi connectivity index (χ4n) is 3.38. The summed E-state index contributed by atoms with van der Waals surface area (Å²) in [5.74, 6) is -0.155. The Kier molecular flexibility index (Phi) is 5.53. The molecule has 2 amide bonds. The summed E-state index contributed by atoms with van der Waals surface area (Å²) < 4.78 is 0. The van der Waals surface area contributed by atoms with E-state index in [1.807, 2.05) is 61.3 Å². The fraction of sp³-hybridized carbons (Fsp3) is 0.286. The van der Waals surface area contributed by atoms with Crippen molar-refractivity contribution in [3.05, 3.63) is 59.7 Å². The predicted octanol–water partition coefficient (Wildman–Crippen LogP) is 2.75. The average Bonchev–Trinajstić information content (AvgIpc) is 2.75. The van der Waals surface area contributed by atoms with Gasteiger partial charge in [-0.3, -0.25) is 14.5 Å². The van der Waals surface area contributed by atoms with Gasteiger partial charge in [-0.25, -0.2) is 0 Å².